The summed E-state index contributed by atoms with van der Waals surface area (Å²) in [5, 5.41) is 3.32. The minimum Gasteiger partial charge on any atom is -0.497 e. The smallest absolute Gasteiger partial charge is 0.209 e. The molecule has 0 saturated carbocycles. The minimum absolute atomic E-state index is 0. The highest BCUT2D eigenvalue weighted by Crippen LogP contribution is 2.22. The average molecular weight is 539 g/mol. The van der Waals surface area contributed by atoms with Gasteiger partial charge in [-0.15, -0.1) is 24.0 Å². The summed E-state index contributed by atoms with van der Waals surface area (Å²) in [5.74, 6) is 1.67. The third kappa shape index (κ3) is 8.55. The maximum absolute atomic E-state index is 11.5. The van der Waals surface area contributed by atoms with Crippen LogP contribution in [-0.4, -0.2) is 77.5 Å². The van der Waals surface area contributed by atoms with Crippen molar-refractivity contribution in [2.75, 3.05) is 57.5 Å². The lowest BCUT2D eigenvalue weighted by atomic mass is 10.1. The SMILES string of the molecule is CCNC(=NCC(C)(C)NS(C)(=O)=O)N1CCN(c2cccc(OC)c2)CC1.I. The van der Waals surface area contributed by atoms with Crippen molar-refractivity contribution in [3.8, 4) is 5.75 Å². The number of rotatable bonds is 7. The summed E-state index contributed by atoms with van der Waals surface area (Å²) in [6, 6.07) is 8.09. The van der Waals surface area contributed by atoms with Gasteiger partial charge in [-0.05, 0) is 32.9 Å². The monoisotopic (exact) mass is 539 g/mol. The number of sulfonamides is 1. The molecule has 1 aromatic carbocycles. The molecule has 0 radical (unpaired) electrons. The molecule has 1 aliphatic heterocycles. The normalized spacial score (nSPS) is 15.7. The zero-order valence-electron chi connectivity index (χ0n) is 17.9. The molecule has 0 aliphatic carbocycles. The van der Waals surface area contributed by atoms with E-state index in [9.17, 15) is 8.42 Å². The molecule has 0 atom stereocenters. The molecule has 0 unspecified atom stereocenters. The molecule has 10 heteroatoms. The number of piperazine rings is 1. The molecular formula is C19H34IN5O3S. The Balaban J connectivity index is 0.00000420. The predicted octanol–water partition coefficient (Wildman–Crippen LogP) is 1.73. The Morgan fingerprint density at radius 3 is 2.45 bits per heavy atom. The van der Waals surface area contributed by atoms with Crippen LogP contribution >= 0.6 is 24.0 Å². The number of methoxy groups -OCH3 is 1. The summed E-state index contributed by atoms with van der Waals surface area (Å²) in [6.07, 6.45) is 1.17. The molecule has 29 heavy (non-hydrogen) atoms. The maximum atomic E-state index is 11.5. The van der Waals surface area contributed by atoms with E-state index in [4.69, 9.17) is 4.74 Å². The van der Waals surface area contributed by atoms with Gasteiger partial charge in [0.15, 0.2) is 5.96 Å². The topological polar surface area (TPSA) is 86.3 Å². The van der Waals surface area contributed by atoms with Crippen LogP contribution in [0.15, 0.2) is 29.3 Å². The molecule has 0 spiro atoms. The first-order valence-electron chi connectivity index (χ1n) is 9.55. The Hall–Kier alpha value is -1.27. The Bertz CT molecular complexity index is 778. The summed E-state index contributed by atoms with van der Waals surface area (Å²) >= 11 is 0. The number of hydrogen-bond acceptors (Lipinski definition) is 5. The van der Waals surface area contributed by atoms with Crippen molar-refractivity contribution in [3.63, 3.8) is 0 Å². The molecule has 1 aliphatic rings. The molecular weight excluding hydrogens is 505 g/mol. The fraction of sp³-hybridized carbons (Fsp3) is 0.632. The van der Waals surface area contributed by atoms with Gasteiger partial charge in [-0.3, -0.25) is 4.99 Å². The molecule has 8 nitrogen and oxygen atoms in total. The number of benzene rings is 1. The zero-order chi connectivity index (χ0) is 20.8. The van der Waals surface area contributed by atoms with Crippen LogP contribution in [0.5, 0.6) is 5.75 Å². The van der Waals surface area contributed by atoms with E-state index >= 15 is 0 Å². The number of ether oxygens (including phenoxy) is 1. The first kappa shape index (κ1) is 25.8. The average Bonchev–Trinajstić information content (AvgIpc) is 2.63. The van der Waals surface area contributed by atoms with Crippen molar-refractivity contribution >= 4 is 45.6 Å². The number of hydrogen-bond donors (Lipinski definition) is 2. The predicted molar refractivity (Wildman–Crippen MR) is 130 cm³/mol. The molecule has 1 fully saturated rings. The van der Waals surface area contributed by atoms with Crippen LogP contribution in [0.1, 0.15) is 20.8 Å². The Kier molecular flexibility index (Phi) is 9.96. The van der Waals surface area contributed by atoms with Crippen molar-refractivity contribution in [2.24, 2.45) is 4.99 Å². The van der Waals surface area contributed by atoms with E-state index in [2.05, 4.69) is 30.9 Å². The third-order valence-electron chi connectivity index (χ3n) is 4.42. The van der Waals surface area contributed by atoms with E-state index in [1.807, 2.05) is 39.0 Å². The molecule has 166 valence electrons. The summed E-state index contributed by atoms with van der Waals surface area (Å²) in [5.41, 5.74) is 0.510. The highest BCUT2D eigenvalue weighted by molar-refractivity contribution is 14.0. The summed E-state index contributed by atoms with van der Waals surface area (Å²) in [7, 11) is -1.60. The van der Waals surface area contributed by atoms with Gasteiger partial charge in [-0.25, -0.2) is 13.1 Å². The highest BCUT2D eigenvalue weighted by Gasteiger charge is 2.24. The second kappa shape index (κ2) is 11.2. The number of halogens is 1. The standard InChI is InChI=1S/C19H33N5O3S.HI/c1-6-20-18(21-15-19(2,3)22-28(5,25)26)24-12-10-23(11-13-24)16-8-7-9-17(14-16)27-4;/h7-9,14,22H,6,10-13,15H2,1-5H3,(H,20,21);1H. The van der Waals surface area contributed by atoms with Gasteiger partial charge in [0, 0.05) is 50.0 Å². The third-order valence-corrected chi connectivity index (χ3v) is 5.34. The summed E-state index contributed by atoms with van der Waals surface area (Å²) in [6.45, 7) is 10.2. The Morgan fingerprint density at radius 2 is 1.90 bits per heavy atom. The fourth-order valence-corrected chi connectivity index (χ4v) is 4.28. The van der Waals surface area contributed by atoms with Crippen molar-refractivity contribution in [3.05, 3.63) is 24.3 Å². The number of nitrogens with one attached hydrogen (secondary N) is 2. The van der Waals surface area contributed by atoms with Gasteiger partial charge in [0.25, 0.3) is 0 Å². The summed E-state index contributed by atoms with van der Waals surface area (Å²) < 4.78 is 31.0. The largest absolute Gasteiger partial charge is 0.497 e. The van der Waals surface area contributed by atoms with E-state index in [0.717, 1.165) is 50.1 Å². The minimum atomic E-state index is -3.28. The molecule has 2 rings (SSSR count). The highest BCUT2D eigenvalue weighted by atomic mass is 127. The van der Waals surface area contributed by atoms with Gasteiger partial charge < -0.3 is 19.9 Å². The fourth-order valence-electron chi connectivity index (χ4n) is 3.22. The number of anilines is 1. The van der Waals surface area contributed by atoms with Crippen LogP contribution in [0.2, 0.25) is 0 Å². The van der Waals surface area contributed by atoms with Gasteiger partial charge in [0.1, 0.15) is 5.75 Å². The molecule has 0 amide bonds. The Morgan fingerprint density at radius 1 is 1.24 bits per heavy atom. The molecule has 1 saturated heterocycles. The van der Waals surface area contributed by atoms with Crippen molar-refractivity contribution in [1.29, 1.82) is 0 Å². The van der Waals surface area contributed by atoms with E-state index in [-0.39, 0.29) is 24.0 Å². The Labute approximate surface area is 192 Å². The number of nitrogens with zero attached hydrogens (tertiary/aromatic N) is 3. The van der Waals surface area contributed by atoms with E-state index < -0.39 is 15.6 Å². The van der Waals surface area contributed by atoms with Gasteiger partial charge >= 0.3 is 0 Å². The van der Waals surface area contributed by atoms with Crippen LogP contribution in [-0.2, 0) is 10.0 Å². The molecule has 1 heterocycles. The second-order valence-electron chi connectivity index (χ2n) is 7.60. The van der Waals surface area contributed by atoms with Gasteiger partial charge in [-0.1, -0.05) is 6.07 Å². The van der Waals surface area contributed by atoms with Gasteiger partial charge in [0.2, 0.25) is 10.0 Å². The molecule has 1 aromatic rings. The van der Waals surface area contributed by atoms with Gasteiger partial charge in [0.05, 0.1) is 19.9 Å². The quantitative estimate of drug-likeness (QED) is 0.312. The van der Waals surface area contributed by atoms with Crippen LogP contribution in [0.25, 0.3) is 0 Å². The zero-order valence-corrected chi connectivity index (χ0v) is 21.1. The number of guanidine groups is 1. The molecule has 0 bridgehead atoms. The summed E-state index contributed by atoms with van der Waals surface area (Å²) in [4.78, 5) is 9.23. The van der Waals surface area contributed by atoms with Crippen LogP contribution in [0.4, 0.5) is 5.69 Å². The van der Waals surface area contributed by atoms with Crippen LogP contribution in [0.3, 0.4) is 0 Å². The lowest BCUT2D eigenvalue weighted by Gasteiger charge is -2.38. The van der Waals surface area contributed by atoms with Crippen LogP contribution in [0, 0.1) is 0 Å². The van der Waals surface area contributed by atoms with Crippen molar-refractivity contribution in [1.82, 2.24) is 14.9 Å². The maximum Gasteiger partial charge on any atom is 0.209 e. The van der Waals surface area contributed by atoms with Crippen molar-refractivity contribution < 1.29 is 13.2 Å². The van der Waals surface area contributed by atoms with E-state index in [1.165, 1.54) is 6.26 Å². The first-order chi connectivity index (χ1) is 13.1. The second-order valence-corrected chi connectivity index (χ2v) is 9.35. The molecule has 2 N–H and O–H groups in total. The lowest BCUT2D eigenvalue weighted by molar-refractivity contribution is 0.368. The lowest BCUT2D eigenvalue weighted by Crippen LogP contribution is -2.53. The molecule has 0 aromatic heterocycles. The van der Waals surface area contributed by atoms with E-state index in [1.54, 1.807) is 7.11 Å². The van der Waals surface area contributed by atoms with E-state index in [0.29, 0.717) is 6.54 Å². The first-order valence-corrected chi connectivity index (χ1v) is 11.4. The van der Waals surface area contributed by atoms with Gasteiger partial charge in [-0.2, -0.15) is 0 Å². The van der Waals surface area contributed by atoms with Crippen molar-refractivity contribution in [2.45, 2.75) is 26.3 Å². The number of aliphatic imine (C=N–C) groups is 1. The van der Waals surface area contributed by atoms with Crippen LogP contribution < -0.4 is 19.7 Å².